The third-order valence-corrected chi connectivity index (χ3v) is 5.16. The normalized spacial score (nSPS) is 14.0. The second-order valence-corrected chi connectivity index (χ2v) is 6.93. The Hall–Kier alpha value is -2.73. The minimum atomic E-state index is -0.0995. The van der Waals surface area contributed by atoms with Crippen LogP contribution in [0.5, 0.6) is 11.5 Å². The van der Waals surface area contributed by atoms with Gasteiger partial charge in [-0.3, -0.25) is 9.59 Å². The molecule has 2 aromatic rings. The van der Waals surface area contributed by atoms with E-state index in [9.17, 15) is 9.59 Å². The molecule has 1 heterocycles. The van der Waals surface area contributed by atoms with Gasteiger partial charge in [0.2, 0.25) is 5.91 Å². The molecule has 1 fully saturated rings. The van der Waals surface area contributed by atoms with Crippen molar-refractivity contribution in [1.82, 2.24) is 9.80 Å². The van der Waals surface area contributed by atoms with E-state index < -0.39 is 0 Å². The van der Waals surface area contributed by atoms with E-state index in [1.165, 1.54) is 0 Å². The zero-order chi connectivity index (χ0) is 20.1. The van der Waals surface area contributed by atoms with Crippen molar-refractivity contribution in [3.63, 3.8) is 0 Å². The van der Waals surface area contributed by atoms with E-state index in [4.69, 9.17) is 21.1 Å². The van der Waals surface area contributed by atoms with Crippen LogP contribution >= 0.6 is 11.6 Å². The Morgan fingerprint density at radius 3 is 2.21 bits per heavy atom. The Bertz CT molecular complexity index is 863. The van der Waals surface area contributed by atoms with Gasteiger partial charge in [-0.25, -0.2) is 0 Å². The lowest BCUT2D eigenvalue weighted by Gasteiger charge is -2.35. The fourth-order valence-electron chi connectivity index (χ4n) is 3.24. The van der Waals surface area contributed by atoms with Gasteiger partial charge in [0.1, 0.15) is 0 Å². The molecule has 1 saturated heterocycles. The number of hydrogen-bond acceptors (Lipinski definition) is 4. The first-order valence-corrected chi connectivity index (χ1v) is 9.43. The lowest BCUT2D eigenvalue weighted by atomic mass is 10.1. The average Bonchev–Trinajstić information content (AvgIpc) is 2.73. The number of carbonyl (C=O) groups is 2. The zero-order valence-corrected chi connectivity index (χ0v) is 16.7. The maximum absolute atomic E-state index is 12.7. The van der Waals surface area contributed by atoms with E-state index in [0.717, 1.165) is 5.56 Å². The van der Waals surface area contributed by atoms with Gasteiger partial charge in [0.25, 0.3) is 5.91 Å². The van der Waals surface area contributed by atoms with Gasteiger partial charge < -0.3 is 19.3 Å². The van der Waals surface area contributed by atoms with Crippen molar-refractivity contribution in [1.29, 1.82) is 0 Å². The Labute approximate surface area is 169 Å². The number of piperazine rings is 1. The lowest BCUT2D eigenvalue weighted by molar-refractivity contribution is -0.131. The Morgan fingerprint density at radius 2 is 1.57 bits per heavy atom. The number of hydrogen-bond donors (Lipinski definition) is 0. The predicted molar refractivity (Wildman–Crippen MR) is 107 cm³/mol. The highest BCUT2D eigenvalue weighted by Crippen LogP contribution is 2.28. The molecule has 2 aromatic carbocycles. The van der Waals surface area contributed by atoms with Gasteiger partial charge in [0.05, 0.1) is 31.2 Å². The van der Waals surface area contributed by atoms with Crippen LogP contribution in [0, 0.1) is 0 Å². The summed E-state index contributed by atoms with van der Waals surface area (Å²) in [5.41, 5.74) is 1.35. The molecule has 0 unspecified atom stereocenters. The molecule has 0 spiro atoms. The van der Waals surface area contributed by atoms with Gasteiger partial charge in [-0.15, -0.1) is 0 Å². The Morgan fingerprint density at radius 1 is 0.929 bits per heavy atom. The van der Waals surface area contributed by atoms with Crippen molar-refractivity contribution >= 4 is 23.4 Å². The molecule has 0 saturated carbocycles. The molecule has 0 atom stereocenters. The van der Waals surface area contributed by atoms with Crippen LogP contribution in [0.25, 0.3) is 0 Å². The second-order valence-electron chi connectivity index (χ2n) is 6.52. The van der Waals surface area contributed by atoms with Crippen molar-refractivity contribution in [2.24, 2.45) is 0 Å². The summed E-state index contributed by atoms with van der Waals surface area (Å²) in [6.45, 7) is 1.98. The van der Waals surface area contributed by atoms with E-state index >= 15 is 0 Å². The molecule has 7 heteroatoms. The molecule has 1 aliphatic rings. The van der Waals surface area contributed by atoms with Gasteiger partial charge >= 0.3 is 0 Å². The van der Waals surface area contributed by atoms with E-state index in [0.29, 0.717) is 48.3 Å². The summed E-state index contributed by atoms with van der Waals surface area (Å²) in [4.78, 5) is 28.8. The molecule has 2 amide bonds. The number of benzene rings is 2. The Balaban J connectivity index is 1.58. The van der Waals surface area contributed by atoms with E-state index in [2.05, 4.69) is 0 Å². The number of carbonyl (C=O) groups excluding carboxylic acids is 2. The smallest absolute Gasteiger partial charge is 0.255 e. The van der Waals surface area contributed by atoms with Gasteiger partial charge in [0.15, 0.2) is 11.5 Å². The van der Waals surface area contributed by atoms with Gasteiger partial charge in [-0.1, -0.05) is 29.8 Å². The van der Waals surface area contributed by atoms with Crippen LogP contribution in [0.2, 0.25) is 5.02 Å². The highest BCUT2D eigenvalue weighted by Gasteiger charge is 2.26. The quantitative estimate of drug-likeness (QED) is 0.771. The van der Waals surface area contributed by atoms with Crippen LogP contribution in [0.4, 0.5) is 0 Å². The molecule has 1 aliphatic heterocycles. The fourth-order valence-corrected chi connectivity index (χ4v) is 3.46. The first-order valence-electron chi connectivity index (χ1n) is 9.06. The highest BCUT2D eigenvalue weighted by atomic mass is 35.5. The van der Waals surface area contributed by atoms with Crippen LogP contribution < -0.4 is 9.47 Å². The van der Waals surface area contributed by atoms with E-state index in [1.807, 2.05) is 12.1 Å². The minimum Gasteiger partial charge on any atom is -0.493 e. The van der Waals surface area contributed by atoms with Crippen molar-refractivity contribution in [2.45, 2.75) is 6.42 Å². The number of nitrogens with zero attached hydrogens (tertiary/aromatic N) is 2. The molecular weight excluding hydrogens is 380 g/mol. The van der Waals surface area contributed by atoms with Crippen molar-refractivity contribution in [3.8, 4) is 11.5 Å². The molecule has 148 valence electrons. The lowest BCUT2D eigenvalue weighted by Crippen LogP contribution is -2.51. The summed E-state index contributed by atoms with van der Waals surface area (Å²) in [6.07, 6.45) is 0.277. The molecule has 0 aliphatic carbocycles. The van der Waals surface area contributed by atoms with Crippen molar-refractivity contribution in [3.05, 3.63) is 58.6 Å². The van der Waals surface area contributed by atoms with E-state index in [1.54, 1.807) is 54.4 Å². The summed E-state index contributed by atoms with van der Waals surface area (Å²) >= 11 is 6.12. The summed E-state index contributed by atoms with van der Waals surface area (Å²) in [7, 11) is 3.14. The van der Waals surface area contributed by atoms with E-state index in [-0.39, 0.29) is 18.2 Å². The van der Waals surface area contributed by atoms with Gasteiger partial charge in [0, 0.05) is 26.2 Å². The van der Waals surface area contributed by atoms with Crippen molar-refractivity contribution in [2.75, 3.05) is 40.4 Å². The second kappa shape index (κ2) is 8.97. The number of methoxy groups -OCH3 is 2. The molecular formula is C21H23ClN2O4. The average molecular weight is 403 g/mol. The summed E-state index contributed by atoms with van der Waals surface area (Å²) in [5.74, 6) is 1.16. The van der Waals surface area contributed by atoms with Gasteiger partial charge in [-0.2, -0.15) is 0 Å². The number of rotatable bonds is 5. The molecule has 0 bridgehead atoms. The largest absolute Gasteiger partial charge is 0.493 e. The fraction of sp³-hybridized carbons (Fsp3) is 0.333. The van der Waals surface area contributed by atoms with Crippen LogP contribution in [-0.4, -0.2) is 62.0 Å². The number of amides is 2. The molecule has 28 heavy (non-hydrogen) atoms. The SMILES string of the molecule is COc1ccc(CC(=O)N2CCN(C(=O)c3ccccc3Cl)CC2)cc1OC. The third kappa shape index (κ3) is 4.39. The highest BCUT2D eigenvalue weighted by molar-refractivity contribution is 6.33. The summed E-state index contributed by atoms with van der Waals surface area (Å²) < 4.78 is 10.5. The zero-order valence-electron chi connectivity index (χ0n) is 16.0. The van der Waals surface area contributed by atoms with Crippen LogP contribution in [0.3, 0.4) is 0 Å². The minimum absolute atomic E-state index is 0.0251. The standard InChI is InChI=1S/C21H23ClN2O4/c1-27-18-8-7-15(13-19(18)28-2)14-20(25)23-9-11-24(12-10-23)21(26)16-5-3-4-6-17(16)22/h3-8,13H,9-12,14H2,1-2H3. The predicted octanol–water partition coefficient (Wildman–Crippen LogP) is 2.88. The number of ether oxygens (including phenoxy) is 2. The van der Waals surface area contributed by atoms with Crippen molar-refractivity contribution < 1.29 is 19.1 Å². The number of halogens is 1. The topological polar surface area (TPSA) is 59.1 Å². The molecule has 0 N–H and O–H groups in total. The summed E-state index contributed by atoms with van der Waals surface area (Å²) in [6, 6.07) is 12.5. The van der Waals surface area contributed by atoms with Crippen LogP contribution in [0.1, 0.15) is 15.9 Å². The molecule has 6 nitrogen and oxygen atoms in total. The van der Waals surface area contributed by atoms with Gasteiger partial charge in [-0.05, 0) is 29.8 Å². The van der Waals surface area contributed by atoms with Crippen LogP contribution in [-0.2, 0) is 11.2 Å². The first kappa shape index (κ1) is 20.0. The molecule has 3 rings (SSSR count). The summed E-state index contributed by atoms with van der Waals surface area (Å²) in [5, 5.41) is 0.444. The monoisotopic (exact) mass is 402 g/mol. The maximum Gasteiger partial charge on any atom is 0.255 e. The molecule has 0 radical (unpaired) electrons. The van der Waals surface area contributed by atoms with Crippen LogP contribution in [0.15, 0.2) is 42.5 Å². The third-order valence-electron chi connectivity index (χ3n) is 4.83. The Kier molecular flexibility index (Phi) is 6.41. The first-order chi connectivity index (χ1) is 13.5. The molecule has 0 aromatic heterocycles. The maximum atomic E-state index is 12.7.